The predicted molar refractivity (Wildman–Crippen MR) is 84.2 cm³/mol. The molecule has 2 aromatic carbocycles. The first kappa shape index (κ1) is 14.8. The highest BCUT2D eigenvalue weighted by molar-refractivity contribution is 6.30. The molecule has 2 atom stereocenters. The Labute approximate surface area is 133 Å². The third-order valence-corrected chi connectivity index (χ3v) is 4.11. The second-order valence-electron chi connectivity index (χ2n) is 5.60. The molecule has 0 unspecified atom stereocenters. The van der Waals surface area contributed by atoms with Gasteiger partial charge >= 0.3 is 5.97 Å². The molecule has 0 saturated heterocycles. The molecule has 3 nitrogen and oxygen atoms in total. The van der Waals surface area contributed by atoms with Gasteiger partial charge in [0.1, 0.15) is 5.75 Å². The molecule has 22 heavy (non-hydrogen) atoms. The SMILES string of the molecule is C[C@@H]1C[C@@H]1C(=O)Oc1ccc(C(=O)c2ccc(Cl)cc2)cc1. The molecule has 0 radical (unpaired) electrons. The number of carbonyl (C=O) groups excluding carboxylic acids is 2. The Morgan fingerprint density at radius 2 is 1.50 bits per heavy atom. The van der Waals surface area contributed by atoms with Crippen molar-refractivity contribution in [1.29, 1.82) is 0 Å². The van der Waals surface area contributed by atoms with Crippen molar-refractivity contribution in [2.24, 2.45) is 11.8 Å². The van der Waals surface area contributed by atoms with Gasteiger partial charge in [-0.15, -0.1) is 0 Å². The number of benzene rings is 2. The number of ether oxygens (including phenoxy) is 1. The summed E-state index contributed by atoms with van der Waals surface area (Å²) < 4.78 is 5.30. The molecule has 0 aliphatic heterocycles. The summed E-state index contributed by atoms with van der Waals surface area (Å²) in [7, 11) is 0. The summed E-state index contributed by atoms with van der Waals surface area (Å²) in [6.45, 7) is 2.03. The third kappa shape index (κ3) is 3.20. The van der Waals surface area contributed by atoms with Crippen LogP contribution in [0.1, 0.15) is 29.3 Å². The van der Waals surface area contributed by atoms with Crippen molar-refractivity contribution in [2.45, 2.75) is 13.3 Å². The van der Waals surface area contributed by atoms with Gasteiger partial charge in [-0.2, -0.15) is 0 Å². The Balaban J connectivity index is 1.69. The van der Waals surface area contributed by atoms with E-state index in [-0.39, 0.29) is 17.7 Å². The number of halogens is 1. The minimum atomic E-state index is -0.190. The topological polar surface area (TPSA) is 43.4 Å². The fourth-order valence-corrected chi connectivity index (χ4v) is 2.41. The van der Waals surface area contributed by atoms with Gasteiger partial charge in [0.25, 0.3) is 0 Å². The Hall–Kier alpha value is -2.13. The van der Waals surface area contributed by atoms with Gasteiger partial charge in [0.05, 0.1) is 5.92 Å². The lowest BCUT2D eigenvalue weighted by Gasteiger charge is -2.05. The van der Waals surface area contributed by atoms with E-state index in [1.54, 1.807) is 48.5 Å². The van der Waals surface area contributed by atoms with Gasteiger partial charge in [-0.25, -0.2) is 0 Å². The highest BCUT2D eigenvalue weighted by Gasteiger charge is 2.40. The lowest BCUT2D eigenvalue weighted by Crippen LogP contribution is -2.11. The van der Waals surface area contributed by atoms with Crippen molar-refractivity contribution in [3.63, 3.8) is 0 Å². The maximum absolute atomic E-state index is 12.3. The van der Waals surface area contributed by atoms with Gasteiger partial charge in [0, 0.05) is 16.1 Å². The van der Waals surface area contributed by atoms with Gasteiger partial charge in [0.15, 0.2) is 5.78 Å². The molecule has 0 N–H and O–H groups in total. The van der Waals surface area contributed by atoms with E-state index in [0.29, 0.717) is 27.8 Å². The van der Waals surface area contributed by atoms with E-state index < -0.39 is 0 Å². The summed E-state index contributed by atoms with van der Waals surface area (Å²) in [6, 6.07) is 13.4. The minimum Gasteiger partial charge on any atom is -0.426 e. The van der Waals surface area contributed by atoms with E-state index in [0.717, 1.165) is 6.42 Å². The summed E-state index contributed by atoms with van der Waals surface area (Å²) in [5, 5.41) is 0.591. The fourth-order valence-electron chi connectivity index (χ4n) is 2.28. The molecule has 4 heteroatoms. The van der Waals surface area contributed by atoms with Crippen LogP contribution >= 0.6 is 11.6 Å². The van der Waals surface area contributed by atoms with Gasteiger partial charge in [0.2, 0.25) is 0 Å². The average Bonchev–Trinajstić information content (AvgIpc) is 3.25. The molecule has 1 fully saturated rings. The molecule has 0 bridgehead atoms. The fraction of sp³-hybridized carbons (Fsp3) is 0.222. The maximum Gasteiger partial charge on any atom is 0.314 e. The van der Waals surface area contributed by atoms with Crippen molar-refractivity contribution >= 4 is 23.4 Å². The summed E-state index contributed by atoms with van der Waals surface area (Å²) in [4.78, 5) is 24.1. The lowest BCUT2D eigenvalue weighted by atomic mass is 10.0. The van der Waals surface area contributed by atoms with Crippen LogP contribution in [-0.2, 0) is 4.79 Å². The quantitative estimate of drug-likeness (QED) is 0.484. The average molecular weight is 315 g/mol. The normalized spacial score (nSPS) is 19.5. The molecule has 0 amide bonds. The van der Waals surface area contributed by atoms with Crippen LogP contribution in [0.25, 0.3) is 0 Å². The third-order valence-electron chi connectivity index (χ3n) is 3.85. The zero-order valence-electron chi connectivity index (χ0n) is 12.1. The number of hydrogen-bond acceptors (Lipinski definition) is 3. The molecule has 0 spiro atoms. The number of ketones is 1. The minimum absolute atomic E-state index is 0.0235. The van der Waals surface area contributed by atoms with Gasteiger partial charge in [-0.05, 0) is 60.9 Å². The first-order chi connectivity index (χ1) is 10.5. The monoisotopic (exact) mass is 314 g/mol. The molecule has 1 aliphatic carbocycles. The first-order valence-corrected chi connectivity index (χ1v) is 7.54. The molecule has 112 valence electrons. The van der Waals surface area contributed by atoms with Crippen molar-refractivity contribution in [3.05, 3.63) is 64.7 Å². The van der Waals surface area contributed by atoms with E-state index in [4.69, 9.17) is 16.3 Å². The van der Waals surface area contributed by atoms with Crippen LogP contribution in [0.4, 0.5) is 0 Å². The molecular formula is C18H15ClO3. The van der Waals surface area contributed by atoms with E-state index in [1.807, 2.05) is 6.92 Å². The van der Waals surface area contributed by atoms with E-state index >= 15 is 0 Å². The second-order valence-corrected chi connectivity index (χ2v) is 6.04. The molecule has 0 aromatic heterocycles. The van der Waals surface area contributed by atoms with Crippen molar-refractivity contribution < 1.29 is 14.3 Å². The van der Waals surface area contributed by atoms with Crippen LogP contribution in [0, 0.1) is 11.8 Å². The molecule has 2 aromatic rings. The largest absolute Gasteiger partial charge is 0.426 e. The zero-order chi connectivity index (χ0) is 15.7. The molecule has 3 rings (SSSR count). The smallest absolute Gasteiger partial charge is 0.314 e. The summed E-state index contributed by atoms with van der Waals surface area (Å²) in [6.07, 6.45) is 0.895. The van der Waals surface area contributed by atoms with Crippen LogP contribution < -0.4 is 4.74 Å². The summed E-state index contributed by atoms with van der Waals surface area (Å²) in [5.41, 5.74) is 1.11. The van der Waals surface area contributed by atoms with E-state index in [2.05, 4.69) is 0 Å². The predicted octanol–water partition coefficient (Wildman–Crippen LogP) is 4.13. The summed E-state index contributed by atoms with van der Waals surface area (Å²) in [5.74, 6) is 0.625. The van der Waals surface area contributed by atoms with E-state index in [1.165, 1.54) is 0 Å². The Morgan fingerprint density at radius 1 is 1.00 bits per heavy atom. The maximum atomic E-state index is 12.3. The number of rotatable bonds is 4. The molecule has 1 saturated carbocycles. The number of hydrogen-bond donors (Lipinski definition) is 0. The first-order valence-electron chi connectivity index (χ1n) is 7.16. The van der Waals surface area contributed by atoms with Crippen LogP contribution in [-0.4, -0.2) is 11.8 Å². The second kappa shape index (κ2) is 5.93. The number of esters is 1. The van der Waals surface area contributed by atoms with Crippen molar-refractivity contribution in [3.8, 4) is 5.75 Å². The van der Waals surface area contributed by atoms with Gasteiger partial charge in [-0.3, -0.25) is 9.59 Å². The molecule has 1 aliphatic rings. The lowest BCUT2D eigenvalue weighted by molar-refractivity contribution is -0.136. The van der Waals surface area contributed by atoms with Crippen LogP contribution in [0.15, 0.2) is 48.5 Å². The van der Waals surface area contributed by atoms with Gasteiger partial charge < -0.3 is 4.74 Å². The zero-order valence-corrected chi connectivity index (χ0v) is 12.8. The van der Waals surface area contributed by atoms with Crippen molar-refractivity contribution in [2.75, 3.05) is 0 Å². The summed E-state index contributed by atoms with van der Waals surface area (Å²) >= 11 is 5.81. The Morgan fingerprint density at radius 3 is 2.00 bits per heavy atom. The standard InChI is InChI=1S/C18H15ClO3/c1-11-10-16(11)18(21)22-15-8-4-13(5-9-15)17(20)12-2-6-14(19)7-3-12/h2-9,11,16H,10H2,1H3/t11-,16+/m1/s1. The molecular weight excluding hydrogens is 300 g/mol. The van der Waals surface area contributed by atoms with Crippen LogP contribution in [0.2, 0.25) is 5.02 Å². The van der Waals surface area contributed by atoms with Gasteiger partial charge in [-0.1, -0.05) is 18.5 Å². The highest BCUT2D eigenvalue weighted by atomic mass is 35.5. The highest BCUT2D eigenvalue weighted by Crippen LogP contribution is 2.38. The van der Waals surface area contributed by atoms with Crippen LogP contribution in [0.5, 0.6) is 5.75 Å². The van der Waals surface area contributed by atoms with Crippen molar-refractivity contribution in [1.82, 2.24) is 0 Å². The molecule has 0 heterocycles. The Kier molecular flexibility index (Phi) is 3.99. The van der Waals surface area contributed by atoms with E-state index in [9.17, 15) is 9.59 Å². The van der Waals surface area contributed by atoms with Crippen LogP contribution in [0.3, 0.4) is 0 Å². The Bertz CT molecular complexity index is 704. The number of carbonyl (C=O) groups is 2.